The first-order chi connectivity index (χ1) is 14.4. The van der Waals surface area contributed by atoms with Crippen molar-refractivity contribution in [2.75, 3.05) is 24.5 Å². The molecule has 30 heavy (non-hydrogen) atoms. The number of nitrogens with zero attached hydrogens (tertiary/aromatic N) is 4. The van der Waals surface area contributed by atoms with Gasteiger partial charge in [0.25, 0.3) is 5.56 Å². The highest BCUT2D eigenvalue weighted by Gasteiger charge is 2.26. The maximum atomic E-state index is 12.8. The third-order valence-corrected chi connectivity index (χ3v) is 6.49. The van der Waals surface area contributed by atoms with Crippen LogP contribution in [0.1, 0.15) is 46.5 Å². The number of hydrogen-bond donors (Lipinski definition) is 2. The normalized spacial score (nSPS) is 15.9. The Kier molecular flexibility index (Phi) is 7.41. The maximum absolute atomic E-state index is 12.8. The predicted octanol–water partition coefficient (Wildman–Crippen LogP) is 1.51. The first-order valence-electron chi connectivity index (χ1n) is 10.6. The highest BCUT2D eigenvalue weighted by Crippen LogP contribution is 2.29. The molecule has 0 aromatic carbocycles. The van der Waals surface area contributed by atoms with Gasteiger partial charge in [-0.05, 0) is 32.6 Å². The van der Waals surface area contributed by atoms with Crippen LogP contribution in [0.5, 0.6) is 0 Å². The maximum Gasteiger partial charge on any atom is 0.273 e. The molecule has 2 amide bonds. The van der Waals surface area contributed by atoms with Gasteiger partial charge in [0.2, 0.25) is 11.8 Å². The lowest BCUT2D eigenvalue weighted by Gasteiger charge is -2.30. The summed E-state index contributed by atoms with van der Waals surface area (Å²) in [6, 6.07) is 0.0619. The zero-order valence-corrected chi connectivity index (χ0v) is 18.6. The number of fused-ring (bicyclic) bond motifs is 1. The molecule has 0 radical (unpaired) electrons. The Bertz CT molecular complexity index is 948. The minimum atomic E-state index is -0.253. The number of amides is 2. The van der Waals surface area contributed by atoms with Crippen molar-refractivity contribution in [3.05, 3.63) is 16.7 Å². The molecule has 2 N–H and O–H groups in total. The Hall–Kier alpha value is -2.49. The number of thiazole rings is 1. The molecule has 2 aromatic heterocycles. The largest absolute Gasteiger partial charge is 0.356 e. The van der Waals surface area contributed by atoms with Crippen LogP contribution in [0, 0.1) is 5.92 Å². The molecule has 10 heteroatoms. The number of nitrogens with one attached hydrogen (secondary N) is 2. The molecule has 2 aromatic rings. The Morgan fingerprint density at radius 2 is 2.03 bits per heavy atom. The molecular weight excluding hydrogens is 404 g/mol. The average molecular weight is 435 g/mol. The number of rotatable bonds is 8. The highest BCUT2D eigenvalue weighted by molar-refractivity contribution is 7.22. The number of carbonyl (C=O) groups is 2. The van der Waals surface area contributed by atoms with E-state index in [4.69, 9.17) is 0 Å². The molecule has 3 rings (SSSR count). The van der Waals surface area contributed by atoms with E-state index in [1.54, 1.807) is 0 Å². The summed E-state index contributed by atoms with van der Waals surface area (Å²) < 4.78 is 1.78. The van der Waals surface area contributed by atoms with Crippen LogP contribution in [0.4, 0.5) is 5.13 Å². The minimum Gasteiger partial charge on any atom is -0.356 e. The summed E-state index contributed by atoms with van der Waals surface area (Å²) in [4.78, 5) is 48.0. The van der Waals surface area contributed by atoms with Crippen LogP contribution in [0.25, 0.3) is 10.3 Å². The van der Waals surface area contributed by atoms with Gasteiger partial charge >= 0.3 is 0 Å². The van der Waals surface area contributed by atoms with Gasteiger partial charge in [0, 0.05) is 31.6 Å². The lowest BCUT2D eigenvalue weighted by atomic mass is 9.96. The fourth-order valence-corrected chi connectivity index (χ4v) is 4.41. The van der Waals surface area contributed by atoms with Gasteiger partial charge in [0.15, 0.2) is 10.8 Å². The summed E-state index contributed by atoms with van der Waals surface area (Å²) in [5.41, 5.74) is 0.151. The van der Waals surface area contributed by atoms with Gasteiger partial charge in [-0.1, -0.05) is 25.2 Å². The SMILES string of the molecule is CCCNC(=O)C1CCN(c2nc3ncn(CC(=O)N[C@H](C)CC)c(=O)c3s2)CC1. The first kappa shape index (κ1) is 22.2. The quantitative estimate of drug-likeness (QED) is 0.652. The Balaban J connectivity index is 1.68. The van der Waals surface area contributed by atoms with E-state index < -0.39 is 0 Å². The van der Waals surface area contributed by atoms with Crippen molar-refractivity contribution in [3.8, 4) is 0 Å². The van der Waals surface area contributed by atoms with E-state index in [0.29, 0.717) is 16.9 Å². The van der Waals surface area contributed by atoms with E-state index in [0.717, 1.165) is 43.9 Å². The van der Waals surface area contributed by atoms with Crippen LogP contribution in [0.2, 0.25) is 0 Å². The zero-order valence-electron chi connectivity index (χ0n) is 17.8. The van der Waals surface area contributed by atoms with Crippen LogP contribution < -0.4 is 21.1 Å². The van der Waals surface area contributed by atoms with E-state index in [2.05, 4.69) is 25.5 Å². The van der Waals surface area contributed by atoms with Crippen molar-refractivity contribution >= 4 is 38.6 Å². The molecule has 0 aliphatic carbocycles. The summed E-state index contributed by atoms with van der Waals surface area (Å²) in [5.74, 6) is -0.0525. The fraction of sp³-hybridized carbons (Fsp3) is 0.650. The summed E-state index contributed by atoms with van der Waals surface area (Å²) in [7, 11) is 0. The van der Waals surface area contributed by atoms with Gasteiger partial charge in [-0.25, -0.2) is 4.98 Å². The second kappa shape index (κ2) is 10.0. The molecule has 1 fully saturated rings. The van der Waals surface area contributed by atoms with Crippen LogP contribution in [0.15, 0.2) is 11.1 Å². The molecule has 0 unspecified atom stereocenters. The summed E-state index contributed by atoms with van der Waals surface area (Å²) in [6.07, 6.45) is 4.67. The van der Waals surface area contributed by atoms with E-state index in [9.17, 15) is 14.4 Å². The van der Waals surface area contributed by atoms with Gasteiger partial charge in [-0.15, -0.1) is 0 Å². The Morgan fingerprint density at radius 3 is 2.70 bits per heavy atom. The molecule has 9 nitrogen and oxygen atoms in total. The zero-order chi connectivity index (χ0) is 21.7. The number of anilines is 1. The third-order valence-electron chi connectivity index (χ3n) is 5.39. The van der Waals surface area contributed by atoms with Crippen LogP contribution in [0.3, 0.4) is 0 Å². The average Bonchev–Trinajstić information content (AvgIpc) is 3.19. The molecule has 1 aliphatic rings. The highest BCUT2D eigenvalue weighted by atomic mass is 32.1. The Labute approximate surface area is 179 Å². The van der Waals surface area contributed by atoms with Gasteiger partial charge in [-0.3, -0.25) is 19.0 Å². The molecule has 0 spiro atoms. The van der Waals surface area contributed by atoms with Crippen molar-refractivity contribution in [2.45, 2.75) is 59.0 Å². The van der Waals surface area contributed by atoms with Crippen molar-refractivity contribution in [1.29, 1.82) is 0 Å². The van der Waals surface area contributed by atoms with Crippen molar-refractivity contribution in [2.24, 2.45) is 5.92 Å². The van der Waals surface area contributed by atoms with E-state index in [1.807, 2.05) is 20.8 Å². The van der Waals surface area contributed by atoms with E-state index >= 15 is 0 Å². The molecule has 164 valence electrons. The van der Waals surface area contributed by atoms with Crippen LogP contribution in [-0.2, 0) is 16.1 Å². The molecule has 3 heterocycles. The summed E-state index contributed by atoms with van der Waals surface area (Å²) in [6.45, 7) is 8.04. The standard InChI is InChI=1S/C20H30N6O3S/c1-4-8-21-18(28)14-6-9-25(10-7-14)20-24-17-16(30-20)19(29)26(12-22-17)11-15(27)23-13(3)5-2/h12-14H,4-11H2,1-3H3,(H,21,28)(H,23,27)/t13-/m1/s1. The molecule has 0 bridgehead atoms. The summed E-state index contributed by atoms with van der Waals surface area (Å²) >= 11 is 1.30. The lowest BCUT2D eigenvalue weighted by Crippen LogP contribution is -2.40. The predicted molar refractivity (Wildman–Crippen MR) is 118 cm³/mol. The molecule has 1 saturated heterocycles. The fourth-order valence-electron chi connectivity index (χ4n) is 3.39. The second-order valence-corrected chi connectivity index (χ2v) is 8.73. The molecule has 1 atom stereocenters. The lowest BCUT2D eigenvalue weighted by molar-refractivity contribution is -0.125. The molecular formula is C20H30N6O3S. The monoisotopic (exact) mass is 434 g/mol. The van der Waals surface area contributed by atoms with E-state index in [1.165, 1.54) is 22.2 Å². The van der Waals surface area contributed by atoms with Crippen LogP contribution in [-0.4, -0.2) is 52.0 Å². The Morgan fingerprint density at radius 1 is 1.30 bits per heavy atom. The number of hydrogen-bond acceptors (Lipinski definition) is 7. The summed E-state index contributed by atoms with van der Waals surface area (Å²) in [5, 5.41) is 6.56. The van der Waals surface area contributed by atoms with Gasteiger partial charge in [-0.2, -0.15) is 4.98 Å². The van der Waals surface area contributed by atoms with Gasteiger partial charge < -0.3 is 15.5 Å². The van der Waals surface area contributed by atoms with Gasteiger partial charge in [0.05, 0.1) is 0 Å². The van der Waals surface area contributed by atoms with Crippen molar-refractivity contribution in [3.63, 3.8) is 0 Å². The molecule has 1 aliphatic heterocycles. The smallest absolute Gasteiger partial charge is 0.273 e. The number of aromatic nitrogens is 3. The van der Waals surface area contributed by atoms with Crippen molar-refractivity contribution < 1.29 is 9.59 Å². The number of carbonyl (C=O) groups excluding carboxylic acids is 2. The second-order valence-electron chi connectivity index (χ2n) is 7.76. The first-order valence-corrected chi connectivity index (χ1v) is 11.4. The molecule has 0 saturated carbocycles. The van der Waals surface area contributed by atoms with E-state index in [-0.39, 0.29) is 35.9 Å². The topological polar surface area (TPSA) is 109 Å². The third kappa shape index (κ3) is 5.16. The van der Waals surface area contributed by atoms with Crippen molar-refractivity contribution in [1.82, 2.24) is 25.2 Å². The minimum absolute atomic E-state index is 0.0292. The van der Waals surface area contributed by atoms with Crippen LogP contribution >= 0.6 is 11.3 Å². The number of piperidine rings is 1. The van der Waals surface area contributed by atoms with Gasteiger partial charge in [0.1, 0.15) is 17.6 Å².